The number of nitrogens with one attached hydrogen (secondary N) is 1. The van der Waals surface area contributed by atoms with E-state index in [1.54, 1.807) is 0 Å². The van der Waals surface area contributed by atoms with Crippen LogP contribution in [0.1, 0.15) is 91.9 Å². The van der Waals surface area contributed by atoms with E-state index >= 15 is 0 Å². The van der Waals surface area contributed by atoms with Crippen molar-refractivity contribution in [2.75, 3.05) is 20.2 Å². The van der Waals surface area contributed by atoms with Gasteiger partial charge in [-0.3, -0.25) is 0 Å². The average molecular weight is 326 g/mol. The molecule has 0 unspecified atom stereocenters. The molecule has 3 aliphatic rings. The zero-order valence-corrected chi connectivity index (χ0v) is 16.6. The summed E-state index contributed by atoms with van der Waals surface area (Å²) in [7, 11) is 1.83. The van der Waals surface area contributed by atoms with Crippen molar-refractivity contribution in [1.29, 1.82) is 0 Å². The first kappa shape index (κ1) is 21.0. The van der Waals surface area contributed by atoms with E-state index in [1.807, 2.05) is 7.11 Å². The number of hydrogen-bond acceptors (Lipinski definition) is 2. The molecule has 1 aliphatic heterocycles. The van der Waals surface area contributed by atoms with Crippen LogP contribution in [0.15, 0.2) is 0 Å². The molecule has 2 saturated carbocycles. The molecule has 2 aliphatic carbocycles. The Morgan fingerprint density at radius 3 is 1.91 bits per heavy atom. The van der Waals surface area contributed by atoms with Crippen LogP contribution in [0.25, 0.3) is 0 Å². The van der Waals surface area contributed by atoms with Crippen molar-refractivity contribution in [1.82, 2.24) is 5.32 Å². The van der Waals surface area contributed by atoms with Crippen molar-refractivity contribution in [2.45, 2.75) is 98.0 Å². The third-order valence-corrected chi connectivity index (χ3v) is 5.91. The Kier molecular flexibility index (Phi) is 10.5. The second-order valence-electron chi connectivity index (χ2n) is 8.37. The Balaban J connectivity index is 0.000000200. The highest BCUT2D eigenvalue weighted by Crippen LogP contribution is 2.48. The summed E-state index contributed by atoms with van der Waals surface area (Å²) in [6.07, 6.45) is 14.6. The molecular weight excluding hydrogens is 282 g/mol. The smallest absolute Gasteiger partial charge is 0.0582 e. The topological polar surface area (TPSA) is 21.3 Å². The van der Waals surface area contributed by atoms with Gasteiger partial charge in [-0.25, -0.2) is 0 Å². The van der Waals surface area contributed by atoms with E-state index in [0.29, 0.717) is 11.5 Å². The summed E-state index contributed by atoms with van der Waals surface area (Å²) >= 11 is 0. The molecule has 23 heavy (non-hydrogen) atoms. The molecule has 0 bridgehead atoms. The van der Waals surface area contributed by atoms with Crippen LogP contribution in [0.3, 0.4) is 0 Å². The molecule has 1 N–H and O–H groups in total. The SMILES string of the molecule is CC(C)C1CCCCC1.CCC.COC1CC2(CCNCC2)C1. The van der Waals surface area contributed by atoms with Gasteiger partial charge in [-0.2, -0.15) is 0 Å². The minimum atomic E-state index is 0.577. The molecular formula is C21H43NO. The molecule has 2 heteroatoms. The third-order valence-electron chi connectivity index (χ3n) is 5.91. The van der Waals surface area contributed by atoms with Crippen molar-refractivity contribution < 1.29 is 4.74 Å². The Bertz CT molecular complexity index is 270. The van der Waals surface area contributed by atoms with Crippen molar-refractivity contribution in [3.8, 4) is 0 Å². The molecule has 3 rings (SSSR count). The summed E-state index contributed by atoms with van der Waals surface area (Å²) in [4.78, 5) is 0. The van der Waals surface area contributed by atoms with Crippen LogP contribution in [0, 0.1) is 17.3 Å². The molecule has 0 amide bonds. The zero-order valence-electron chi connectivity index (χ0n) is 16.6. The van der Waals surface area contributed by atoms with E-state index in [4.69, 9.17) is 4.74 Å². The van der Waals surface area contributed by atoms with Gasteiger partial charge < -0.3 is 10.1 Å². The Morgan fingerprint density at radius 2 is 1.52 bits per heavy atom. The standard InChI is InChI=1S/C9H17NO.C9H18.C3H8/c1-11-8-6-9(7-8)2-4-10-5-3-9;1-8(2)9-6-4-3-5-7-9;1-3-2/h8,10H,2-7H2,1H3;8-9H,3-7H2,1-2H3;3H2,1-2H3. The largest absolute Gasteiger partial charge is 0.381 e. The van der Waals surface area contributed by atoms with Crippen LogP contribution >= 0.6 is 0 Å². The highest BCUT2D eigenvalue weighted by molar-refractivity contribution is 4.96. The van der Waals surface area contributed by atoms with Gasteiger partial charge in [0.25, 0.3) is 0 Å². The minimum absolute atomic E-state index is 0.577. The lowest BCUT2D eigenvalue weighted by molar-refractivity contribution is -0.0735. The number of hydrogen-bond donors (Lipinski definition) is 1. The first-order valence-electron chi connectivity index (χ1n) is 10.3. The van der Waals surface area contributed by atoms with Gasteiger partial charge in [0.05, 0.1) is 6.10 Å². The molecule has 0 aromatic rings. The van der Waals surface area contributed by atoms with Gasteiger partial charge in [0, 0.05) is 7.11 Å². The molecule has 1 spiro atoms. The van der Waals surface area contributed by atoms with Gasteiger partial charge in [-0.05, 0) is 56.0 Å². The maximum atomic E-state index is 5.29. The van der Waals surface area contributed by atoms with E-state index in [1.165, 1.54) is 77.3 Å². The van der Waals surface area contributed by atoms with Gasteiger partial charge in [0.2, 0.25) is 0 Å². The predicted octanol–water partition coefficient (Wildman–Crippen LogP) is 5.80. The molecule has 0 aromatic heterocycles. The lowest BCUT2D eigenvalue weighted by Gasteiger charge is -2.49. The molecule has 0 atom stereocenters. The second kappa shape index (κ2) is 11.5. The van der Waals surface area contributed by atoms with Crippen LogP contribution in [-0.4, -0.2) is 26.3 Å². The van der Waals surface area contributed by atoms with Crippen LogP contribution in [0.5, 0.6) is 0 Å². The third kappa shape index (κ3) is 7.56. The quantitative estimate of drug-likeness (QED) is 0.692. The lowest BCUT2D eigenvalue weighted by Crippen LogP contribution is -2.48. The fraction of sp³-hybridized carbons (Fsp3) is 1.00. The first-order valence-corrected chi connectivity index (χ1v) is 10.3. The summed E-state index contributed by atoms with van der Waals surface area (Å²) in [6.45, 7) is 11.4. The highest BCUT2D eigenvalue weighted by Gasteiger charge is 2.44. The van der Waals surface area contributed by atoms with E-state index in [0.717, 1.165) is 11.8 Å². The molecule has 1 saturated heterocycles. The number of methoxy groups -OCH3 is 1. The van der Waals surface area contributed by atoms with E-state index in [-0.39, 0.29) is 0 Å². The highest BCUT2D eigenvalue weighted by atomic mass is 16.5. The van der Waals surface area contributed by atoms with Gasteiger partial charge in [-0.1, -0.05) is 66.2 Å². The lowest BCUT2D eigenvalue weighted by atomic mass is 9.62. The van der Waals surface area contributed by atoms with E-state index < -0.39 is 0 Å². The van der Waals surface area contributed by atoms with Crippen LogP contribution in [0.2, 0.25) is 0 Å². The number of rotatable bonds is 2. The molecule has 138 valence electrons. The van der Waals surface area contributed by atoms with Gasteiger partial charge in [0.15, 0.2) is 0 Å². The van der Waals surface area contributed by atoms with Gasteiger partial charge in [-0.15, -0.1) is 0 Å². The zero-order chi connectivity index (χ0) is 17.1. The number of piperidine rings is 1. The maximum absolute atomic E-state index is 5.29. The van der Waals surface area contributed by atoms with Crippen molar-refractivity contribution >= 4 is 0 Å². The average Bonchev–Trinajstić information content (AvgIpc) is 2.55. The summed E-state index contributed by atoms with van der Waals surface area (Å²) in [5.74, 6) is 1.99. The van der Waals surface area contributed by atoms with E-state index in [9.17, 15) is 0 Å². The van der Waals surface area contributed by atoms with Gasteiger partial charge in [0.1, 0.15) is 0 Å². The molecule has 1 heterocycles. The fourth-order valence-corrected chi connectivity index (χ4v) is 4.24. The van der Waals surface area contributed by atoms with Crippen molar-refractivity contribution in [2.24, 2.45) is 17.3 Å². The minimum Gasteiger partial charge on any atom is -0.381 e. The molecule has 0 aromatic carbocycles. The van der Waals surface area contributed by atoms with E-state index in [2.05, 4.69) is 33.0 Å². The predicted molar refractivity (Wildman–Crippen MR) is 102 cm³/mol. The normalized spacial score (nSPS) is 24.3. The summed E-state index contributed by atoms with van der Waals surface area (Å²) < 4.78 is 5.29. The van der Waals surface area contributed by atoms with Crippen LogP contribution < -0.4 is 5.32 Å². The Morgan fingerprint density at radius 1 is 1.00 bits per heavy atom. The van der Waals surface area contributed by atoms with Crippen molar-refractivity contribution in [3.63, 3.8) is 0 Å². The molecule has 2 nitrogen and oxygen atoms in total. The van der Waals surface area contributed by atoms with Crippen LogP contribution in [-0.2, 0) is 4.74 Å². The Hall–Kier alpha value is -0.0800. The first-order chi connectivity index (χ1) is 11.1. The maximum Gasteiger partial charge on any atom is 0.0582 e. The summed E-state index contributed by atoms with van der Waals surface area (Å²) in [6, 6.07) is 0. The Labute approximate surface area is 146 Å². The number of ether oxygens (including phenoxy) is 1. The van der Waals surface area contributed by atoms with Gasteiger partial charge >= 0.3 is 0 Å². The second-order valence-corrected chi connectivity index (χ2v) is 8.37. The molecule has 0 radical (unpaired) electrons. The molecule has 3 fully saturated rings. The van der Waals surface area contributed by atoms with Crippen molar-refractivity contribution in [3.05, 3.63) is 0 Å². The monoisotopic (exact) mass is 325 g/mol. The summed E-state index contributed by atoms with van der Waals surface area (Å²) in [5.41, 5.74) is 0.686. The summed E-state index contributed by atoms with van der Waals surface area (Å²) in [5, 5.41) is 3.40. The fourth-order valence-electron chi connectivity index (χ4n) is 4.24. The van der Waals surface area contributed by atoms with Crippen LogP contribution in [0.4, 0.5) is 0 Å².